The molecule has 0 fully saturated rings. The Kier molecular flexibility index (Phi) is 12.8. The van der Waals surface area contributed by atoms with Crippen LogP contribution in [0.2, 0.25) is 0 Å². The summed E-state index contributed by atoms with van der Waals surface area (Å²) in [5, 5.41) is 4.61. The normalized spacial score (nSPS) is 18.4. The van der Waals surface area contributed by atoms with Crippen molar-refractivity contribution in [2.24, 2.45) is 0 Å². The fraction of sp³-hybridized carbons (Fsp3) is 0.385. The first-order valence-corrected chi connectivity index (χ1v) is 25.7. The molecular formula is C52H62N3O7S2+. The Morgan fingerprint density at radius 1 is 0.781 bits per heavy atom. The van der Waals surface area contributed by atoms with Crippen molar-refractivity contribution in [2.45, 2.75) is 90.6 Å². The van der Waals surface area contributed by atoms with E-state index in [4.69, 9.17) is 4.74 Å². The average molecular weight is 905 g/mol. The van der Waals surface area contributed by atoms with Gasteiger partial charge < -0.3 is 9.64 Å². The Morgan fingerprint density at radius 3 is 2.05 bits per heavy atom. The van der Waals surface area contributed by atoms with Crippen molar-refractivity contribution < 1.29 is 35.5 Å². The minimum Gasteiger partial charge on any atom is -0.443 e. The van der Waals surface area contributed by atoms with Gasteiger partial charge in [-0.3, -0.25) is 9.45 Å². The second kappa shape index (κ2) is 17.6. The van der Waals surface area contributed by atoms with Gasteiger partial charge in [-0.15, -0.1) is 0 Å². The van der Waals surface area contributed by atoms with Crippen molar-refractivity contribution in [3.63, 3.8) is 0 Å². The van der Waals surface area contributed by atoms with Gasteiger partial charge in [0, 0.05) is 66.5 Å². The monoisotopic (exact) mass is 904 g/mol. The molecule has 10 nitrogen and oxygen atoms in total. The smallest absolute Gasteiger partial charge is 0.414 e. The summed E-state index contributed by atoms with van der Waals surface area (Å²) in [7, 11) is -5.45. The van der Waals surface area contributed by atoms with Crippen molar-refractivity contribution in [3.05, 3.63) is 143 Å². The van der Waals surface area contributed by atoms with Crippen LogP contribution < -0.4 is 4.90 Å². The Balaban J connectivity index is 1.33. The number of carbonyl (C=O) groups excluding carboxylic acids is 1. The van der Waals surface area contributed by atoms with Crippen molar-refractivity contribution in [1.82, 2.24) is 4.90 Å². The number of sulfone groups is 1. The summed E-state index contributed by atoms with van der Waals surface area (Å²) in [6.45, 7) is 15.6. The third-order valence-corrected chi connectivity index (χ3v) is 14.4. The molecule has 4 aromatic carbocycles. The van der Waals surface area contributed by atoms with Gasteiger partial charge in [-0.25, -0.2) is 13.2 Å². The van der Waals surface area contributed by atoms with E-state index < -0.39 is 42.5 Å². The highest BCUT2D eigenvalue weighted by Gasteiger charge is 2.46. The molecule has 0 spiro atoms. The molecular weight excluding hydrogens is 843 g/mol. The van der Waals surface area contributed by atoms with Gasteiger partial charge in [0.1, 0.15) is 22.0 Å². The van der Waals surface area contributed by atoms with Gasteiger partial charge in [0.25, 0.3) is 10.1 Å². The van der Waals surface area contributed by atoms with Gasteiger partial charge in [-0.1, -0.05) is 86.7 Å². The number of likely N-dealkylation sites (N-methyl/N-ethyl adjacent to an activating group) is 1. The van der Waals surface area contributed by atoms with Gasteiger partial charge in [-0.2, -0.15) is 13.0 Å². The SMILES string of the molecule is CN(C(=O)OC(C)(C)C)C1=C(/C=C/C2=[N+](CCCCS(=O)(=O)O)c3ccc4ccccc4c3C2(C)C)C=C/C1=C\C=C1\N(CCCCS(C)(=O)=O)c2ccc3ccccc3c2C1(C)C. The largest absolute Gasteiger partial charge is 0.443 e. The zero-order chi connectivity index (χ0) is 46.4. The van der Waals surface area contributed by atoms with Crippen LogP contribution >= 0.6 is 0 Å². The molecule has 0 unspecified atom stereocenters. The van der Waals surface area contributed by atoms with Gasteiger partial charge in [0.15, 0.2) is 5.71 Å². The molecule has 12 heteroatoms. The van der Waals surface area contributed by atoms with Crippen LogP contribution in [0, 0.1) is 0 Å². The summed E-state index contributed by atoms with van der Waals surface area (Å²) < 4.78 is 65.0. The highest BCUT2D eigenvalue weighted by molar-refractivity contribution is 7.90. The average Bonchev–Trinajstić information content (AvgIpc) is 3.78. The maximum atomic E-state index is 13.9. The van der Waals surface area contributed by atoms with Crippen LogP contribution in [0.1, 0.15) is 85.3 Å². The summed E-state index contributed by atoms with van der Waals surface area (Å²) in [5.74, 6) is -0.168. The molecule has 0 aromatic heterocycles. The highest BCUT2D eigenvalue weighted by Crippen LogP contribution is 2.51. The van der Waals surface area contributed by atoms with Gasteiger partial charge in [-0.05, 0) is 116 Å². The van der Waals surface area contributed by atoms with E-state index in [1.807, 2.05) is 57.2 Å². The van der Waals surface area contributed by atoms with Crippen LogP contribution in [0.3, 0.4) is 0 Å². The lowest BCUT2D eigenvalue weighted by molar-refractivity contribution is -0.438. The lowest BCUT2D eigenvalue weighted by Crippen LogP contribution is -2.34. The Hall–Kier alpha value is -5.30. The summed E-state index contributed by atoms with van der Waals surface area (Å²) in [5.41, 5.74) is 7.38. The molecule has 4 aromatic rings. The molecule has 1 aliphatic carbocycles. The summed E-state index contributed by atoms with van der Waals surface area (Å²) in [6.07, 6.45) is 15.3. The minimum absolute atomic E-state index is 0.134. The van der Waals surface area contributed by atoms with E-state index >= 15 is 0 Å². The number of benzene rings is 4. The first kappa shape index (κ1) is 46.7. The van der Waals surface area contributed by atoms with Crippen LogP contribution in [0.5, 0.6) is 0 Å². The fourth-order valence-corrected chi connectivity index (χ4v) is 11.0. The molecule has 338 valence electrons. The number of fused-ring (bicyclic) bond motifs is 6. The fourth-order valence-electron chi connectivity index (χ4n) is 9.66. The molecule has 7 rings (SSSR count). The number of amides is 1. The Labute approximate surface area is 379 Å². The maximum Gasteiger partial charge on any atom is 0.414 e. The second-order valence-corrected chi connectivity index (χ2v) is 23.1. The summed E-state index contributed by atoms with van der Waals surface area (Å²) in [4.78, 5) is 17.8. The minimum atomic E-state index is -4.09. The van der Waals surface area contributed by atoms with Crippen molar-refractivity contribution >= 4 is 64.7 Å². The molecule has 2 heterocycles. The van der Waals surface area contributed by atoms with Crippen LogP contribution in [0.15, 0.2) is 132 Å². The number of hydrogen-bond acceptors (Lipinski definition) is 7. The predicted octanol–water partition coefficient (Wildman–Crippen LogP) is 10.7. The number of allylic oxidation sites excluding steroid dienone is 8. The van der Waals surface area contributed by atoms with Gasteiger partial charge in [0.2, 0.25) is 5.69 Å². The third kappa shape index (κ3) is 9.70. The molecule has 0 saturated carbocycles. The predicted molar refractivity (Wildman–Crippen MR) is 261 cm³/mol. The van der Waals surface area contributed by atoms with Crippen LogP contribution in [-0.4, -0.2) is 86.2 Å². The number of carbonyl (C=O) groups is 1. The van der Waals surface area contributed by atoms with Crippen molar-refractivity contribution in [1.29, 1.82) is 0 Å². The molecule has 1 amide bonds. The van der Waals surface area contributed by atoms with Crippen molar-refractivity contribution in [3.8, 4) is 0 Å². The summed E-state index contributed by atoms with van der Waals surface area (Å²) in [6, 6.07) is 25.3. The van der Waals surface area contributed by atoms with Crippen LogP contribution in [0.25, 0.3) is 21.5 Å². The number of ether oxygens (including phenoxy) is 1. The first-order chi connectivity index (χ1) is 30.0. The highest BCUT2D eigenvalue weighted by atomic mass is 32.2. The number of nitrogens with zero attached hydrogens (tertiary/aromatic N) is 3. The molecule has 0 atom stereocenters. The Bertz CT molecular complexity index is 2940. The first-order valence-electron chi connectivity index (χ1n) is 22.1. The van der Waals surface area contributed by atoms with E-state index in [1.54, 1.807) is 11.9 Å². The Morgan fingerprint density at radius 2 is 1.41 bits per heavy atom. The quantitative estimate of drug-likeness (QED) is 0.0754. The van der Waals surface area contributed by atoms with E-state index in [9.17, 15) is 26.2 Å². The molecule has 3 aliphatic rings. The molecule has 1 N–H and O–H groups in total. The number of rotatable bonds is 14. The molecule has 64 heavy (non-hydrogen) atoms. The zero-order valence-corrected chi connectivity index (χ0v) is 40.2. The third-order valence-electron chi connectivity index (χ3n) is 12.5. The second-order valence-electron chi connectivity index (χ2n) is 19.3. The molecule has 2 aliphatic heterocycles. The maximum absolute atomic E-state index is 13.9. The standard InChI is InChI=1S/C52H61N3O7S2/c1-50(2,3)62-49(56)53(8)48-38(26-30-44-51(4,5)46-40-20-12-10-18-36(40)24-28-42(46)54(44)32-14-16-34-63(9,57)58)22-23-39(48)27-31-45-52(6,7)47-41-21-13-11-19-37(41)25-29-43(47)55(45)33-15-17-35-64(59,60)61/h10-13,18-31H,14-17,32-35H2,1-9H3/p+1. The van der Waals surface area contributed by atoms with E-state index in [1.165, 1.54) is 22.8 Å². The van der Waals surface area contributed by atoms with Gasteiger partial charge >= 0.3 is 6.09 Å². The molecule has 0 bridgehead atoms. The van der Waals surface area contributed by atoms with Crippen molar-refractivity contribution in [2.75, 3.05) is 42.8 Å². The van der Waals surface area contributed by atoms with Crippen LogP contribution in [0.4, 0.5) is 16.2 Å². The molecule has 0 saturated heterocycles. The van der Waals surface area contributed by atoms with Gasteiger partial charge in [0.05, 0.1) is 16.9 Å². The van der Waals surface area contributed by atoms with Crippen LogP contribution in [-0.2, 0) is 35.5 Å². The topological polar surface area (TPSA) is 124 Å². The summed E-state index contributed by atoms with van der Waals surface area (Å²) >= 11 is 0. The number of hydrogen-bond donors (Lipinski definition) is 1. The lowest BCUT2D eigenvalue weighted by atomic mass is 9.79. The van der Waals surface area contributed by atoms with E-state index in [2.05, 4.69) is 110 Å². The van der Waals surface area contributed by atoms with E-state index in [0.29, 0.717) is 44.5 Å². The van der Waals surface area contributed by atoms with E-state index in [-0.39, 0.29) is 11.5 Å². The lowest BCUT2D eigenvalue weighted by Gasteiger charge is -2.28. The van der Waals surface area contributed by atoms with E-state index in [0.717, 1.165) is 50.1 Å². The number of unbranched alkanes of at least 4 members (excludes halogenated alkanes) is 2. The number of anilines is 1. The zero-order valence-electron chi connectivity index (χ0n) is 38.6. The molecule has 0 radical (unpaired) electrons.